The molecule has 2 N–H and O–H groups in total. The molecule has 1 aliphatic rings. The quantitative estimate of drug-likeness (QED) is 0.374. The molecule has 5 rings (SSSR count). The summed E-state index contributed by atoms with van der Waals surface area (Å²) in [6.07, 6.45) is 0. The molecule has 0 bridgehead atoms. The molecule has 3 aromatic carbocycles. The second-order valence-corrected chi connectivity index (χ2v) is 9.34. The van der Waals surface area contributed by atoms with Crippen LogP contribution < -0.4 is 20.3 Å². The largest absolute Gasteiger partial charge is 0.497 e. The van der Waals surface area contributed by atoms with Crippen LogP contribution in [0.1, 0.15) is 21.5 Å². The van der Waals surface area contributed by atoms with Crippen molar-refractivity contribution in [1.82, 2.24) is 9.88 Å². The minimum absolute atomic E-state index is 0.226. The first-order valence-electron chi connectivity index (χ1n) is 12.6. The Bertz CT molecular complexity index is 1470. The third-order valence-electron chi connectivity index (χ3n) is 6.85. The number of fused-ring (bicyclic) bond motifs is 1. The van der Waals surface area contributed by atoms with Crippen LogP contribution in [0.3, 0.4) is 0 Å². The molecule has 192 valence electrons. The number of hydrogen-bond acceptors (Lipinski definition) is 7. The SMILES string of the molecule is COc1ccc(C(=O)Nc2nc3ccc(N4CCN(C)CC4)cc3c(NCc3ccccc3)c2C#N)cc1. The van der Waals surface area contributed by atoms with Crippen LogP contribution in [0.2, 0.25) is 0 Å². The Morgan fingerprint density at radius 2 is 1.76 bits per heavy atom. The van der Waals surface area contributed by atoms with Gasteiger partial charge in [0, 0.05) is 49.4 Å². The molecule has 1 aromatic heterocycles. The van der Waals surface area contributed by atoms with E-state index in [0.717, 1.165) is 42.8 Å². The average molecular weight is 507 g/mol. The van der Waals surface area contributed by atoms with E-state index in [1.54, 1.807) is 31.4 Å². The Kier molecular flexibility index (Phi) is 7.38. The van der Waals surface area contributed by atoms with Crippen LogP contribution in [0.25, 0.3) is 10.9 Å². The number of carbonyl (C=O) groups excluding carboxylic acids is 1. The van der Waals surface area contributed by atoms with Crippen LogP contribution in [0.4, 0.5) is 17.2 Å². The summed E-state index contributed by atoms with van der Waals surface area (Å²) in [5, 5.41) is 17.4. The molecule has 0 spiro atoms. The Labute approximate surface area is 222 Å². The fraction of sp³-hybridized carbons (Fsp3) is 0.233. The number of pyridine rings is 1. The van der Waals surface area contributed by atoms with Crippen molar-refractivity contribution >= 4 is 34.0 Å². The van der Waals surface area contributed by atoms with E-state index in [1.807, 2.05) is 36.4 Å². The molecule has 0 saturated carbocycles. The number of ether oxygens (including phenoxy) is 1. The van der Waals surface area contributed by atoms with Gasteiger partial charge in [0.05, 0.1) is 18.3 Å². The topological polar surface area (TPSA) is 93.5 Å². The summed E-state index contributed by atoms with van der Waals surface area (Å²) in [7, 11) is 3.71. The number of nitriles is 1. The van der Waals surface area contributed by atoms with E-state index in [0.29, 0.717) is 34.6 Å². The molecule has 0 radical (unpaired) electrons. The highest BCUT2D eigenvalue weighted by Gasteiger charge is 2.20. The number of benzene rings is 3. The van der Waals surface area contributed by atoms with Crippen LogP contribution in [0, 0.1) is 11.3 Å². The maximum Gasteiger partial charge on any atom is 0.256 e. The van der Waals surface area contributed by atoms with Crippen molar-refractivity contribution in [3.8, 4) is 11.8 Å². The average Bonchev–Trinajstić information content (AvgIpc) is 2.96. The van der Waals surface area contributed by atoms with Crippen molar-refractivity contribution in [2.24, 2.45) is 0 Å². The first kappa shape index (κ1) is 25.1. The standard InChI is InChI=1S/C30H30N6O2/c1-35-14-16-36(17-15-35)23-10-13-27-25(18-23)28(32-20-21-6-4-3-5-7-21)26(19-31)29(33-27)34-30(37)22-8-11-24(38-2)12-9-22/h3-13,18H,14-17,20H2,1-2H3,(H2,32,33,34,37). The Hall–Kier alpha value is -4.61. The highest BCUT2D eigenvalue weighted by atomic mass is 16.5. The van der Waals surface area contributed by atoms with Gasteiger partial charge in [0.2, 0.25) is 0 Å². The van der Waals surface area contributed by atoms with Gasteiger partial charge in [0.1, 0.15) is 17.4 Å². The van der Waals surface area contributed by atoms with E-state index in [2.05, 4.69) is 45.7 Å². The van der Waals surface area contributed by atoms with Gasteiger partial charge in [-0.25, -0.2) is 4.98 Å². The molecule has 8 nitrogen and oxygen atoms in total. The number of amides is 1. The normalized spacial score (nSPS) is 13.7. The predicted octanol–water partition coefficient (Wildman–Crippen LogP) is 4.73. The predicted molar refractivity (Wildman–Crippen MR) is 151 cm³/mol. The zero-order valence-corrected chi connectivity index (χ0v) is 21.6. The van der Waals surface area contributed by atoms with Crippen LogP contribution >= 0.6 is 0 Å². The van der Waals surface area contributed by atoms with Gasteiger partial charge in [0.15, 0.2) is 5.82 Å². The van der Waals surface area contributed by atoms with Gasteiger partial charge in [-0.15, -0.1) is 0 Å². The van der Waals surface area contributed by atoms with E-state index in [-0.39, 0.29) is 11.7 Å². The van der Waals surface area contributed by atoms with Gasteiger partial charge in [0.25, 0.3) is 5.91 Å². The summed E-state index contributed by atoms with van der Waals surface area (Å²) in [6, 6.07) is 25.2. The number of anilines is 3. The highest BCUT2D eigenvalue weighted by Crippen LogP contribution is 2.34. The monoisotopic (exact) mass is 506 g/mol. The van der Waals surface area contributed by atoms with Crippen molar-refractivity contribution in [1.29, 1.82) is 5.26 Å². The lowest BCUT2D eigenvalue weighted by atomic mass is 10.1. The number of methoxy groups -OCH3 is 1. The lowest BCUT2D eigenvalue weighted by Gasteiger charge is -2.34. The van der Waals surface area contributed by atoms with Gasteiger partial charge in [-0.1, -0.05) is 30.3 Å². The van der Waals surface area contributed by atoms with Crippen LogP contribution in [0.5, 0.6) is 5.75 Å². The summed E-state index contributed by atoms with van der Waals surface area (Å²) < 4.78 is 5.19. The second-order valence-electron chi connectivity index (χ2n) is 9.34. The Morgan fingerprint density at radius 3 is 2.45 bits per heavy atom. The van der Waals surface area contributed by atoms with Gasteiger partial charge in [-0.05, 0) is 55.1 Å². The first-order chi connectivity index (χ1) is 18.6. The molecular formula is C30H30N6O2. The molecule has 38 heavy (non-hydrogen) atoms. The van der Waals surface area contributed by atoms with Gasteiger partial charge >= 0.3 is 0 Å². The van der Waals surface area contributed by atoms with Crippen molar-refractivity contribution in [2.45, 2.75) is 6.54 Å². The summed E-state index contributed by atoms with van der Waals surface area (Å²) >= 11 is 0. The van der Waals surface area contributed by atoms with Crippen LogP contribution in [-0.4, -0.2) is 56.1 Å². The van der Waals surface area contributed by atoms with Gasteiger partial charge < -0.3 is 25.2 Å². The van der Waals surface area contributed by atoms with Crippen LogP contribution in [-0.2, 0) is 6.54 Å². The second kappa shape index (κ2) is 11.2. The number of nitrogens with one attached hydrogen (secondary N) is 2. The summed E-state index contributed by atoms with van der Waals surface area (Å²) in [6.45, 7) is 4.39. The van der Waals surface area contributed by atoms with E-state index in [9.17, 15) is 10.1 Å². The number of carbonyl (C=O) groups is 1. The lowest BCUT2D eigenvalue weighted by Crippen LogP contribution is -2.44. The fourth-order valence-corrected chi connectivity index (χ4v) is 4.60. The van der Waals surface area contributed by atoms with E-state index >= 15 is 0 Å². The molecule has 1 saturated heterocycles. The minimum atomic E-state index is -0.348. The van der Waals surface area contributed by atoms with Gasteiger partial charge in [-0.3, -0.25) is 4.79 Å². The maximum atomic E-state index is 13.1. The zero-order valence-electron chi connectivity index (χ0n) is 21.6. The summed E-state index contributed by atoms with van der Waals surface area (Å²) in [5.41, 5.74) is 4.27. The zero-order chi connectivity index (χ0) is 26.5. The molecule has 0 aliphatic carbocycles. The Morgan fingerprint density at radius 1 is 1.03 bits per heavy atom. The molecule has 2 heterocycles. The molecule has 8 heteroatoms. The number of hydrogen-bond donors (Lipinski definition) is 2. The first-order valence-corrected chi connectivity index (χ1v) is 12.6. The number of aromatic nitrogens is 1. The molecule has 0 unspecified atom stereocenters. The third-order valence-corrected chi connectivity index (χ3v) is 6.85. The van der Waals surface area contributed by atoms with Gasteiger partial charge in [-0.2, -0.15) is 5.26 Å². The lowest BCUT2D eigenvalue weighted by molar-refractivity contribution is 0.102. The molecule has 1 fully saturated rings. The fourth-order valence-electron chi connectivity index (χ4n) is 4.60. The van der Waals surface area contributed by atoms with E-state index in [1.165, 1.54) is 0 Å². The van der Waals surface area contributed by atoms with E-state index < -0.39 is 0 Å². The molecular weight excluding hydrogens is 476 g/mol. The summed E-state index contributed by atoms with van der Waals surface area (Å²) in [5.74, 6) is 0.537. The third kappa shape index (κ3) is 5.38. The smallest absolute Gasteiger partial charge is 0.256 e. The maximum absolute atomic E-state index is 13.1. The minimum Gasteiger partial charge on any atom is -0.497 e. The molecule has 1 aliphatic heterocycles. The van der Waals surface area contributed by atoms with Crippen LogP contribution in [0.15, 0.2) is 72.8 Å². The van der Waals surface area contributed by atoms with E-state index in [4.69, 9.17) is 9.72 Å². The van der Waals surface area contributed by atoms with Crippen molar-refractivity contribution in [3.05, 3.63) is 89.5 Å². The number of piperazine rings is 1. The summed E-state index contributed by atoms with van der Waals surface area (Å²) in [4.78, 5) is 22.4. The van der Waals surface area contributed by atoms with Crippen molar-refractivity contribution < 1.29 is 9.53 Å². The van der Waals surface area contributed by atoms with Crippen molar-refractivity contribution in [2.75, 3.05) is 55.9 Å². The molecule has 4 aromatic rings. The number of likely N-dealkylation sites (N-methyl/N-ethyl adjacent to an activating group) is 1. The number of nitrogens with zero attached hydrogens (tertiary/aromatic N) is 4. The number of rotatable bonds is 7. The molecule has 1 amide bonds. The highest BCUT2D eigenvalue weighted by molar-refractivity contribution is 6.07. The van der Waals surface area contributed by atoms with Crippen molar-refractivity contribution in [3.63, 3.8) is 0 Å². The molecule has 0 atom stereocenters. The Balaban J connectivity index is 1.54.